The van der Waals surface area contributed by atoms with Crippen molar-refractivity contribution < 1.29 is 14.3 Å². The van der Waals surface area contributed by atoms with E-state index in [1.165, 1.54) is 11.8 Å². The fraction of sp³-hybridized carbons (Fsp3) is 0.160. The lowest BCUT2D eigenvalue weighted by atomic mass is 10.1. The average molecular weight is 457 g/mol. The van der Waals surface area contributed by atoms with Crippen molar-refractivity contribution in [2.75, 3.05) is 12.5 Å². The summed E-state index contributed by atoms with van der Waals surface area (Å²) >= 11 is 1.40. The van der Waals surface area contributed by atoms with Gasteiger partial charge in [-0.25, -0.2) is 9.97 Å². The van der Waals surface area contributed by atoms with E-state index in [4.69, 9.17) is 19.4 Å². The summed E-state index contributed by atoms with van der Waals surface area (Å²) in [5.41, 5.74) is 4.54. The van der Waals surface area contributed by atoms with Crippen molar-refractivity contribution >= 4 is 45.3 Å². The second-order valence-electron chi connectivity index (χ2n) is 7.86. The number of ether oxygens (including phenoxy) is 2. The number of rotatable bonds is 5. The molecule has 3 heterocycles. The Bertz CT molecular complexity index is 1530. The topological polar surface area (TPSA) is 77.8 Å². The summed E-state index contributed by atoms with van der Waals surface area (Å²) in [5.74, 6) is 1.60. The predicted molar refractivity (Wildman–Crippen MR) is 128 cm³/mol. The lowest BCUT2D eigenvalue weighted by molar-refractivity contribution is -0.119. The summed E-state index contributed by atoms with van der Waals surface area (Å²) in [6, 6.07) is 21.5. The molecule has 0 saturated heterocycles. The van der Waals surface area contributed by atoms with E-state index in [1.54, 1.807) is 0 Å². The maximum Gasteiger partial charge on any atom is 0.231 e. The summed E-state index contributed by atoms with van der Waals surface area (Å²) in [5, 5.41) is 4.79. The van der Waals surface area contributed by atoms with E-state index in [0.717, 1.165) is 44.1 Å². The smallest absolute Gasteiger partial charge is 0.231 e. The summed E-state index contributed by atoms with van der Waals surface area (Å²) in [6.07, 6.45) is 0. The number of amides is 1. The van der Waals surface area contributed by atoms with Crippen molar-refractivity contribution in [3.63, 3.8) is 0 Å². The number of aromatic nitrogens is 3. The van der Waals surface area contributed by atoms with Crippen molar-refractivity contribution in [1.82, 2.24) is 19.7 Å². The molecule has 1 aliphatic rings. The van der Waals surface area contributed by atoms with Gasteiger partial charge in [-0.05, 0) is 48.9 Å². The number of benzene rings is 3. The molecular formula is C25H20N4O3S. The van der Waals surface area contributed by atoms with E-state index in [1.807, 2.05) is 78.1 Å². The zero-order chi connectivity index (χ0) is 22.4. The maximum atomic E-state index is 12.8. The SMILES string of the molecule is C[C@H](NC(=O)CSc1nc2ccccc2c2nc3ccccc3n12)c1ccc2c(c1)OCO2. The molecule has 1 aliphatic heterocycles. The van der Waals surface area contributed by atoms with Gasteiger partial charge in [0, 0.05) is 5.39 Å². The number of carbonyl (C=O) groups is 1. The van der Waals surface area contributed by atoms with Crippen molar-refractivity contribution in [3.8, 4) is 11.5 Å². The quantitative estimate of drug-likeness (QED) is 0.304. The zero-order valence-corrected chi connectivity index (χ0v) is 18.6. The van der Waals surface area contributed by atoms with Crippen LogP contribution >= 0.6 is 11.8 Å². The van der Waals surface area contributed by atoms with Crippen molar-refractivity contribution in [2.24, 2.45) is 0 Å². The lowest BCUT2D eigenvalue weighted by Gasteiger charge is -2.15. The van der Waals surface area contributed by atoms with Gasteiger partial charge in [-0.1, -0.05) is 42.1 Å². The van der Waals surface area contributed by atoms with Crippen LogP contribution in [0.5, 0.6) is 11.5 Å². The van der Waals surface area contributed by atoms with Crippen molar-refractivity contribution in [1.29, 1.82) is 0 Å². The highest BCUT2D eigenvalue weighted by molar-refractivity contribution is 7.99. The van der Waals surface area contributed by atoms with Crippen LogP contribution in [-0.2, 0) is 4.79 Å². The van der Waals surface area contributed by atoms with Gasteiger partial charge in [0.15, 0.2) is 16.7 Å². The van der Waals surface area contributed by atoms with Crippen LogP contribution in [0.25, 0.3) is 27.6 Å². The minimum absolute atomic E-state index is 0.0716. The molecule has 1 N–H and O–H groups in total. The molecule has 0 radical (unpaired) electrons. The number of nitrogens with one attached hydrogen (secondary N) is 1. The Kier molecular flexibility index (Phi) is 4.80. The molecular weight excluding hydrogens is 436 g/mol. The molecule has 8 heteroatoms. The molecule has 0 spiro atoms. The van der Waals surface area contributed by atoms with E-state index in [-0.39, 0.29) is 24.5 Å². The number of hydrogen-bond donors (Lipinski definition) is 1. The number of hydrogen-bond acceptors (Lipinski definition) is 6. The molecule has 33 heavy (non-hydrogen) atoms. The standard InChI is InChI=1S/C25H20N4O3S/c1-15(16-10-11-21-22(12-16)32-14-31-21)26-23(30)13-33-25-28-18-7-3-2-6-17(18)24-27-19-8-4-5-9-20(19)29(24)25/h2-12,15H,13-14H2,1H3,(H,26,30)/t15-/m0/s1. The van der Waals surface area contributed by atoms with E-state index in [0.29, 0.717) is 5.75 Å². The molecule has 7 nitrogen and oxygen atoms in total. The number of para-hydroxylation sites is 3. The largest absolute Gasteiger partial charge is 0.454 e. The number of nitrogens with zero attached hydrogens (tertiary/aromatic N) is 3. The Hall–Kier alpha value is -3.78. The predicted octanol–water partition coefficient (Wildman–Crippen LogP) is 4.73. The highest BCUT2D eigenvalue weighted by atomic mass is 32.2. The summed E-state index contributed by atoms with van der Waals surface area (Å²) in [7, 11) is 0. The summed E-state index contributed by atoms with van der Waals surface area (Å²) < 4.78 is 12.8. The van der Waals surface area contributed by atoms with E-state index >= 15 is 0 Å². The van der Waals surface area contributed by atoms with Gasteiger partial charge < -0.3 is 14.8 Å². The molecule has 5 aromatic rings. The molecule has 2 aromatic heterocycles. The monoisotopic (exact) mass is 456 g/mol. The first-order chi connectivity index (χ1) is 16.2. The minimum Gasteiger partial charge on any atom is -0.454 e. The first-order valence-corrected chi connectivity index (χ1v) is 11.6. The first-order valence-electron chi connectivity index (χ1n) is 10.6. The molecule has 0 saturated carbocycles. The second kappa shape index (κ2) is 7.97. The normalized spacial score (nSPS) is 13.6. The molecule has 0 unspecified atom stereocenters. The van der Waals surface area contributed by atoms with Crippen LogP contribution in [0.3, 0.4) is 0 Å². The van der Waals surface area contributed by atoms with Crippen LogP contribution in [0.2, 0.25) is 0 Å². The van der Waals surface area contributed by atoms with Gasteiger partial charge in [-0.15, -0.1) is 0 Å². The number of fused-ring (bicyclic) bond motifs is 6. The van der Waals surface area contributed by atoms with Crippen molar-refractivity contribution in [3.05, 3.63) is 72.3 Å². The van der Waals surface area contributed by atoms with E-state index < -0.39 is 0 Å². The highest BCUT2D eigenvalue weighted by Gasteiger charge is 2.18. The Labute approximate surface area is 193 Å². The number of imidazole rings is 1. The third-order valence-corrected chi connectivity index (χ3v) is 6.66. The summed E-state index contributed by atoms with van der Waals surface area (Å²) in [4.78, 5) is 22.5. The molecule has 164 valence electrons. The van der Waals surface area contributed by atoms with Crippen LogP contribution in [-0.4, -0.2) is 32.8 Å². The Morgan fingerprint density at radius 3 is 2.73 bits per heavy atom. The van der Waals surface area contributed by atoms with Gasteiger partial charge in [0.2, 0.25) is 12.7 Å². The van der Waals surface area contributed by atoms with Gasteiger partial charge in [0.05, 0.1) is 28.3 Å². The molecule has 1 amide bonds. The van der Waals surface area contributed by atoms with Crippen LogP contribution in [0, 0.1) is 0 Å². The molecule has 0 fully saturated rings. The highest BCUT2D eigenvalue weighted by Crippen LogP contribution is 2.34. The molecule has 0 bridgehead atoms. The molecule has 1 atom stereocenters. The Morgan fingerprint density at radius 2 is 1.82 bits per heavy atom. The van der Waals surface area contributed by atoms with Gasteiger partial charge >= 0.3 is 0 Å². The van der Waals surface area contributed by atoms with Gasteiger partial charge in [0.1, 0.15) is 5.65 Å². The Balaban J connectivity index is 1.27. The van der Waals surface area contributed by atoms with Crippen LogP contribution in [0.1, 0.15) is 18.5 Å². The minimum atomic E-state index is -0.161. The first kappa shape index (κ1) is 19.9. The van der Waals surface area contributed by atoms with Gasteiger partial charge in [0.25, 0.3) is 0 Å². The van der Waals surface area contributed by atoms with Crippen LogP contribution in [0.4, 0.5) is 0 Å². The fourth-order valence-electron chi connectivity index (χ4n) is 4.09. The molecule has 6 rings (SSSR count). The van der Waals surface area contributed by atoms with Crippen LogP contribution in [0.15, 0.2) is 71.9 Å². The van der Waals surface area contributed by atoms with Gasteiger partial charge in [-0.3, -0.25) is 9.20 Å². The van der Waals surface area contributed by atoms with Crippen LogP contribution < -0.4 is 14.8 Å². The maximum absolute atomic E-state index is 12.8. The van der Waals surface area contributed by atoms with E-state index in [9.17, 15) is 4.79 Å². The lowest BCUT2D eigenvalue weighted by Crippen LogP contribution is -2.28. The summed E-state index contributed by atoms with van der Waals surface area (Å²) in [6.45, 7) is 2.18. The zero-order valence-electron chi connectivity index (χ0n) is 17.8. The number of thioether (sulfide) groups is 1. The molecule has 0 aliphatic carbocycles. The average Bonchev–Trinajstić information content (AvgIpc) is 3.47. The fourth-order valence-corrected chi connectivity index (χ4v) is 4.91. The second-order valence-corrected chi connectivity index (χ2v) is 8.80. The van der Waals surface area contributed by atoms with Gasteiger partial charge in [-0.2, -0.15) is 0 Å². The Morgan fingerprint density at radius 1 is 1.03 bits per heavy atom. The molecule has 3 aromatic carbocycles. The van der Waals surface area contributed by atoms with E-state index in [2.05, 4.69) is 5.32 Å². The number of carbonyl (C=O) groups excluding carboxylic acids is 1. The third kappa shape index (κ3) is 3.52. The third-order valence-electron chi connectivity index (χ3n) is 5.72. The van der Waals surface area contributed by atoms with Crippen molar-refractivity contribution in [2.45, 2.75) is 18.1 Å².